The molecule has 3 N–H and O–H groups in total. The zero-order chi connectivity index (χ0) is 20.9. The Labute approximate surface area is 175 Å². The van der Waals surface area contributed by atoms with Gasteiger partial charge in [-0.25, -0.2) is 14.4 Å². The molecule has 0 saturated heterocycles. The van der Waals surface area contributed by atoms with E-state index in [0.717, 1.165) is 41.8 Å². The molecule has 3 aromatic rings. The highest BCUT2D eigenvalue weighted by Crippen LogP contribution is 2.43. The summed E-state index contributed by atoms with van der Waals surface area (Å²) < 4.78 is 14.4. The standard InChI is InChI=1S/C23H26FN5O/c1-15-3-6-20(24)18(11-15)22-27-14-19(16-4-5-16)23(29-22)28-21-7-9-26-13-17(21)12-25-8-2-10-30/h3,6-7,9,11,13-14,16,25,30H,2,4-5,8,10,12H2,1H3,(H,26,27,28,29). The van der Waals surface area contributed by atoms with Gasteiger partial charge in [-0.2, -0.15) is 0 Å². The van der Waals surface area contributed by atoms with E-state index in [2.05, 4.69) is 20.6 Å². The molecule has 0 unspecified atom stereocenters. The molecule has 0 aliphatic heterocycles. The number of rotatable bonds is 9. The number of nitrogens with one attached hydrogen (secondary N) is 2. The molecule has 2 aromatic heterocycles. The van der Waals surface area contributed by atoms with Gasteiger partial charge in [0.2, 0.25) is 0 Å². The number of hydrogen-bond donors (Lipinski definition) is 3. The van der Waals surface area contributed by atoms with Gasteiger partial charge in [-0.15, -0.1) is 0 Å². The van der Waals surface area contributed by atoms with Crippen molar-refractivity contribution in [1.82, 2.24) is 20.3 Å². The van der Waals surface area contributed by atoms with Gasteiger partial charge < -0.3 is 15.7 Å². The minimum Gasteiger partial charge on any atom is -0.396 e. The lowest BCUT2D eigenvalue weighted by Gasteiger charge is -2.15. The van der Waals surface area contributed by atoms with E-state index in [1.54, 1.807) is 18.3 Å². The first-order chi connectivity index (χ1) is 14.7. The topological polar surface area (TPSA) is 83.0 Å². The highest BCUT2D eigenvalue weighted by Gasteiger charge is 2.28. The Morgan fingerprint density at radius 2 is 2.07 bits per heavy atom. The molecule has 0 radical (unpaired) electrons. The summed E-state index contributed by atoms with van der Waals surface area (Å²) in [6, 6.07) is 6.88. The molecule has 156 valence electrons. The molecule has 2 heterocycles. The number of halogens is 1. The number of aromatic nitrogens is 3. The summed E-state index contributed by atoms with van der Waals surface area (Å²) in [5.74, 6) is 1.20. The summed E-state index contributed by atoms with van der Waals surface area (Å²) in [5, 5.41) is 15.7. The van der Waals surface area contributed by atoms with Gasteiger partial charge in [0, 0.05) is 48.6 Å². The quantitative estimate of drug-likeness (QED) is 0.464. The summed E-state index contributed by atoms with van der Waals surface area (Å²) in [5.41, 5.74) is 4.32. The van der Waals surface area contributed by atoms with Gasteiger partial charge >= 0.3 is 0 Å². The third kappa shape index (κ3) is 4.80. The summed E-state index contributed by atoms with van der Waals surface area (Å²) in [4.78, 5) is 13.4. The first-order valence-corrected chi connectivity index (χ1v) is 10.3. The summed E-state index contributed by atoms with van der Waals surface area (Å²) in [6.07, 6.45) is 8.30. The average molecular weight is 407 g/mol. The van der Waals surface area contributed by atoms with E-state index in [1.807, 2.05) is 25.4 Å². The van der Waals surface area contributed by atoms with Crippen LogP contribution in [0.25, 0.3) is 11.4 Å². The van der Waals surface area contributed by atoms with Crippen molar-refractivity contribution < 1.29 is 9.50 Å². The predicted octanol–water partition coefficient (Wildman–Crippen LogP) is 4.08. The molecule has 1 fully saturated rings. The summed E-state index contributed by atoms with van der Waals surface area (Å²) >= 11 is 0. The molecule has 1 aliphatic rings. The second-order valence-electron chi connectivity index (χ2n) is 7.67. The third-order valence-electron chi connectivity index (χ3n) is 5.18. The van der Waals surface area contributed by atoms with Crippen LogP contribution in [0.5, 0.6) is 0 Å². The fourth-order valence-corrected chi connectivity index (χ4v) is 3.37. The van der Waals surface area contributed by atoms with Crippen molar-refractivity contribution in [1.29, 1.82) is 0 Å². The Bertz CT molecular complexity index is 1020. The largest absolute Gasteiger partial charge is 0.396 e. The molecule has 1 saturated carbocycles. The van der Waals surface area contributed by atoms with Crippen molar-refractivity contribution >= 4 is 11.5 Å². The highest BCUT2D eigenvalue weighted by atomic mass is 19.1. The lowest BCUT2D eigenvalue weighted by Crippen LogP contribution is -2.17. The molecule has 0 atom stereocenters. The van der Waals surface area contributed by atoms with Gasteiger partial charge in [-0.1, -0.05) is 11.6 Å². The van der Waals surface area contributed by atoms with Gasteiger partial charge in [0.25, 0.3) is 0 Å². The maximum Gasteiger partial charge on any atom is 0.164 e. The van der Waals surface area contributed by atoms with Crippen LogP contribution in [0.1, 0.15) is 41.9 Å². The van der Waals surface area contributed by atoms with E-state index < -0.39 is 0 Å². The molecule has 30 heavy (non-hydrogen) atoms. The predicted molar refractivity (Wildman–Crippen MR) is 115 cm³/mol. The van der Waals surface area contributed by atoms with Crippen LogP contribution in [0.3, 0.4) is 0 Å². The first-order valence-electron chi connectivity index (χ1n) is 10.3. The lowest BCUT2D eigenvalue weighted by atomic mass is 10.1. The zero-order valence-corrected chi connectivity index (χ0v) is 17.0. The van der Waals surface area contributed by atoms with Crippen LogP contribution in [0.2, 0.25) is 0 Å². The first kappa shape index (κ1) is 20.4. The van der Waals surface area contributed by atoms with Crippen LogP contribution in [-0.2, 0) is 6.54 Å². The van der Waals surface area contributed by atoms with Crippen molar-refractivity contribution in [2.45, 2.75) is 38.6 Å². The number of pyridine rings is 1. The molecule has 1 aliphatic carbocycles. The third-order valence-corrected chi connectivity index (χ3v) is 5.18. The van der Waals surface area contributed by atoms with Crippen molar-refractivity contribution in [3.63, 3.8) is 0 Å². The van der Waals surface area contributed by atoms with Crippen molar-refractivity contribution in [2.75, 3.05) is 18.5 Å². The lowest BCUT2D eigenvalue weighted by molar-refractivity contribution is 0.286. The van der Waals surface area contributed by atoms with Gasteiger partial charge in [0.1, 0.15) is 11.6 Å². The molecule has 0 bridgehead atoms. The maximum atomic E-state index is 14.4. The fourth-order valence-electron chi connectivity index (χ4n) is 3.37. The number of aryl methyl sites for hydroxylation is 1. The monoisotopic (exact) mass is 407 g/mol. The molecule has 0 spiro atoms. The number of anilines is 2. The van der Waals surface area contributed by atoms with Gasteiger partial charge in [0.05, 0.1) is 5.56 Å². The van der Waals surface area contributed by atoms with Crippen LogP contribution in [0.4, 0.5) is 15.9 Å². The normalized spacial score (nSPS) is 13.4. The molecular formula is C23H26FN5O. The van der Waals surface area contributed by atoms with Crippen LogP contribution >= 0.6 is 0 Å². The molecular weight excluding hydrogens is 381 g/mol. The van der Waals surface area contributed by atoms with Crippen molar-refractivity contribution in [3.8, 4) is 11.4 Å². The second kappa shape index (κ2) is 9.28. The SMILES string of the molecule is Cc1ccc(F)c(-c2ncc(C3CC3)c(Nc3ccncc3CNCCCO)n2)c1. The summed E-state index contributed by atoms with van der Waals surface area (Å²) in [7, 11) is 0. The van der Waals surface area contributed by atoms with E-state index in [4.69, 9.17) is 10.1 Å². The molecule has 1 aromatic carbocycles. The van der Waals surface area contributed by atoms with Crippen LogP contribution in [-0.4, -0.2) is 33.2 Å². The summed E-state index contributed by atoms with van der Waals surface area (Å²) in [6.45, 7) is 3.44. The maximum absolute atomic E-state index is 14.4. The molecule has 4 rings (SSSR count). The van der Waals surface area contributed by atoms with Crippen LogP contribution < -0.4 is 10.6 Å². The van der Waals surface area contributed by atoms with Gasteiger partial charge in [0.15, 0.2) is 5.82 Å². The Morgan fingerprint density at radius 3 is 2.87 bits per heavy atom. The van der Waals surface area contributed by atoms with E-state index in [1.165, 1.54) is 6.07 Å². The smallest absolute Gasteiger partial charge is 0.164 e. The van der Waals surface area contributed by atoms with Gasteiger partial charge in [-0.3, -0.25) is 4.98 Å². The number of hydrogen-bond acceptors (Lipinski definition) is 6. The minimum atomic E-state index is -0.330. The molecule has 0 amide bonds. The zero-order valence-electron chi connectivity index (χ0n) is 17.0. The Morgan fingerprint density at radius 1 is 1.20 bits per heavy atom. The number of aliphatic hydroxyl groups is 1. The van der Waals surface area contributed by atoms with Crippen molar-refractivity contribution in [2.24, 2.45) is 0 Å². The van der Waals surface area contributed by atoms with E-state index >= 15 is 0 Å². The molecule has 7 heteroatoms. The van der Waals surface area contributed by atoms with Crippen LogP contribution in [0, 0.1) is 12.7 Å². The van der Waals surface area contributed by atoms with E-state index in [-0.39, 0.29) is 12.4 Å². The second-order valence-corrected chi connectivity index (χ2v) is 7.67. The Kier molecular flexibility index (Phi) is 6.30. The fraction of sp³-hybridized carbons (Fsp3) is 0.348. The number of benzene rings is 1. The highest BCUT2D eigenvalue weighted by molar-refractivity contribution is 5.66. The van der Waals surface area contributed by atoms with E-state index in [0.29, 0.717) is 36.1 Å². The van der Waals surface area contributed by atoms with Crippen LogP contribution in [0.15, 0.2) is 42.9 Å². The number of nitrogens with zero attached hydrogens (tertiary/aromatic N) is 3. The van der Waals surface area contributed by atoms with E-state index in [9.17, 15) is 4.39 Å². The Hall–Kier alpha value is -2.90. The van der Waals surface area contributed by atoms with Crippen molar-refractivity contribution in [3.05, 3.63) is 65.4 Å². The van der Waals surface area contributed by atoms with Gasteiger partial charge in [-0.05, 0) is 56.8 Å². The minimum absolute atomic E-state index is 0.162. The number of aliphatic hydroxyl groups excluding tert-OH is 1. The Balaban J connectivity index is 1.64. The average Bonchev–Trinajstić information content (AvgIpc) is 3.59. The molecule has 6 nitrogen and oxygen atoms in total.